The van der Waals surface area contributed by atoms with Gasteiger partial charge in [-0.25, -0.2) is 0 Å². The highest BCUT2D eigenvalue weighted by Gasteiger charge is 2.29. The fourth-order valence-corrected chi connectivity index (χ4v) is 2.13. The minimum atomic E-state index is 0.666. The van der Waals surface area contributed by atoms with Gasteiger partial charge in [0.25, 0.3) is 0 Å². The molecular formula is C8H14O. The lowest BCUT2D eigenvalue weighted by molar-refractivity contribution is -0.00924. The Labute approximate surface area is 56.4 Å². The van der Waals surface area contributed by atoms with Crippen molar-refractivity contribution in [3.63, 3.8) is 0 Å². The van der Waals surface area contributed by atoms with Crippen LogP contribution >= 0.6 is 0 Å². The molecule has 0 aromatic carbocycles. The number of rotatable bonds is 0. The van der Waals surface area contributed by atoms with Crippen LogP contribution in [-0.4, -0.2) is 12.7 Å². The van der Waals surface area contributed by atoms with E-state index in [0.717, 1.165) is 12.5 Å². The zero-order valence-corrected chi connectivity index (χ0v) is 5.81. The molecular weight excluding hydrogens is 112 g/mol. The lowest BCUT2D eigenvalue weighted by atomic mass is 9.98. The minimum Gasteiger partial charge on any atom is -0.378 e. The van der Waals surface area contributed by atoms with Gasteiger partial charge in [0.05, 0.1) is 6.10 Å². The third-order valence-electron chi connectivity index (χ3n) is 2.64. The fraction of sp³-hybridized carbons (Fsp3) is 1.00. The number of fused-ring (bicyclic) bond motifs is 1. The Morgan fingerprint density at radius 2 is 1.89 bits per heavy atom. The van der Waals surface area contributed by atoms with E-state index in [-0.39, 0.29) is 0 Å². The van der Waals surface area contributed by atoms with Gasteiger partial charge < -0.3 is 4.74 Å². The molecule has 1 saturated carbocycles. The van der Waals surface area contributed by atoms with Gasteiger partial charge in [0, 0.05) is 6.61 Å². The molecule has 0 unspecified atom stereocenters. The highest BCUT2D eigenvalue weighted by Crippen LogP contribution is 2.34. The average molecular weight is 126 g/mol. The van der Waals surface area contributed by atoms with Gasteiger partial charge in [-0.15, -0.1) is 0 Å². The van der Waals surface area contributed by atoms with Crippen LogP contribution in [0.4, 0.5) is 0 Å². The van der Waals surface area contributed by atoms with Crippen LogP contribution in [0.1, 0.15) is 32.1 Å². The summed E-state index contributed by atoms with van der Waals surface area (Å²) in [5.74, 6) is 0.943. The third-order valence-corrected chi connectivity index (χ3v) is 2.64. The molecule has 2 rings (SSSR count). The molecule has 0 bridgehead atoms. The van der Waals surface area contributed by atoms with Gasteiger partial charge in [0.15, 0.2) is 0 Å². The van der Waals surface area contributed by atoms with E-state index < -0.39 is 0 Å². The lowest BCUT2D eigenvalue weighted by Gasteiger charge is -2.25. The Hall–Kier alpha value is -0.0400. The summed E-state index contributed by atoms with van der Waals surface area (Å²) in [7, 11) is 0. The van der Waals surface area contributed by atoms with Crippen LogP contribution in [0.5, 0.6) is 0 Å². The van der Waals surface area contributed by atoms with Crippen LogP contribution < -0.4 is 0 Å². The normalized spacial score (nSPS) is 42.7. The van der Waals surface area contributed by atoms with Crippen LogP contribution in [0.15, 0.2) is 0 Å². The zero-order chi connectivity index (χ0) is 6.10. The molecule has 0 spiro atoms. The SMILES string of the molecule is C1CO[C@@H]2CCC[C@@H]2C1. The first-order chi connectivity index (χ1) is 4.47. The Balaban J connectivity index is 1.97. The zero-order valence-electron chi connectivity index (χ0n) is 5.81. The van der Waals surface area contributed by atoms with Crippen LogP contribution in [0.25, 0.3) is 0 Å². The second-order valence-corrected chi connectivity index (χ2v) is 3.24. The summed E-state index contributed by atoms with van der Waals surface area (Å²) in [6, 6.07) is 0. The van der Waals surface area contributed by atoms with Crippen molar-refractivity contribution >= 4 is 0 Å². The highest BCUT2D eigenvalue weighted by atomic mass is 16.5. The van der Waals surface area contributed by atoms with E-state index in [0.29, 0.717) is 6.10 Å². The van der Waals surface area contributed by atoms with Gasteiger partial charge in [0.1, 0.15) is 0 Å². The Morgan fingerprint density at radius 1 is 1.00 bits per heavy atom. The van der Waals surface area contributed by atoms with Crippen molar-refractivity contribution in [2.45, 2.75) is 38.2 Å². The maximum absolute atomic E-state index is 5.60. The highest BCUT2D eigenvalue weighted by molar-refractivity contribution is 4.80. The quantitative estimate of drug-likeness (QED) is 0.482. The van der Waals surface area contributed by atoms with E-state index >= 15 is 0 Å². The van der Waals surface area contributed by atoms with Crippen LogP contribution in [0.3, 0.4) is 0 Å². The molecule has 0 aromatic rings. The van der Waals surface area contributed by atoms with Gasteiger partial charge in [-0.2, -0.15) is 0 Å². The predicted octanol–water partition coefficient (Wildman–Crippen LogP) is 1.97. The molecule has 0 radical (unpaired) electrons. The molecule has 1 heteroatoms. The molecule has 1 nitrogen and oxygen atoms in total. The average Bonchev–Trinajstić information content (AvgIpc) is 2.33. The van der Waals surface area contributed by atoms with E-state index in [1.807, 2.05) is 0 Å². The van der Waals surface area contributed by atoms with E-state index in [1.54, 1.807) is 0 Å². The summed E-state index contributed by atoms with van der Waals surface area (Å²) in [6.07, 6.45) is 7.59. The topological polar surface area (TPSA) is 9.23 Å². The fourth-order valence-electron chi connectivity index (χ4n) is 2.13. The van der Waals surface area contributed by atoms with E-state index in [2.05, 4.69) is 0 Å². The second-order valence-electron chi connectivity index (χ2n) is 3.24. The van der Waals surface area contributed by atoms with Gasteiger partial charge in [-0.05, 0) is 31.6 Å². The van der Waals surface area contributed by atoms with Gasteiger partial charge in [-0.1, -0.05) is 6.42 Å². The van der Waals surface area contributed by atoms with Gasteiger partial charge in [0.2, 0.25) is 0 Å². The first-order valence-electron chi connectivity index (χ1n) is 4.08. The van der Waals surface area contributed by atoms with Crippen molar-refractivity contribution in [2.75, 3.05) is 6.61 Å². The summed E-state index contributed by atoms with van der Waals surface area (Å²) < 4.78 is 5.60. The molecule has 2 atom stereocenters. The predicted molar refractivity (Wildman–Crippen MR) is 36.3 cm³/mol. The van der Waals surface area contributed by atoms with Crippen molar-refractivity contribution in [3.05, 3.63) is 0 Å². The molecule has 9 heavy (non-hydrogen) atoms. The smallest absolute Gasteiger partial charge is 0.0603 e. The summed E-state index contributed by atoms with van der Waals surface area (Å²) in [6.45, 7) is 1.03. The Bertz CT molecular complexity index is 88.7. The summed E-state index contributed by atoms with van der Waals surface area (Å²) >= 11 is 0. The van der Waals surface area contributed by atoms with Crippen LogP contribution in [0, 0.1) is 5.92 Å². The Kier molecular flexibility index (Phi) is 1.46. The molecule has 2 fully saturated rings. The minimum absolute atomic E-state index is 0.666. The molecule has 0 aromatic heterocycles. The molecule has 52 valence electrons. The second kappa shape index (κ2) is 2.30. The van der Waals surface area contributed by atoms with Crippen LogP contribution in [0.2, 0.25) is 0 Å². The molecule has 1 aliphatic heterocycles. The first-order valence-corrected chi connectivity index (χ1v) is 4.08. The van der Waals surface area contributed by atoms with Crippen molar-refractivity contribution in [2.24, 2.45) is 5.92 Å². The number of hydrogen-bond donors (Lipinski definition) is 0. The number of ether oxygens (including phenoxy) is 1. The van der Waals surface area contributed by atoms with Crippen molar-refractivity contribution in [1.29, 1.82) is 0 Å². The van der Waals surface area contributed by atoms with E-state index in [4.69, 9.17) is 4.74 Å². The Morgan fingerprint density at radius 3 is 2.78 bits per heavy atom. The summed E-state index contributed by atoms with van der Waals surface area (Å²) in [5, 5.41) is 0. The largest absolute Gasteiger partial charge is 0.378 e. The summed E-state index contributed by atoms with van der Waals surface area (Å²) in [5.41, 5.74) is 0. The standard InChI is InChI=1S/C8H14O/c1-3-7-4-2-6-9-8(7)5-1/h7-8H,1-6H2/t7-,8-/m1/s1. The molecule has 0 N–H and O–H groups in total. The van der Waals surface area contributed by atoms with Gasteiger partial charge >= 0.3 is 0 Å². The third kappa shape index (κ3) is 0.983. The van der Waals surface area contributed by atoms with Gasteiger partial charge in [-0.3, -0.25) is 0 Å². The van der Waals surface area contributed by atoms with Crippen molar-refractivity contribution in [3.8, 4) is 0 Å². The first kappa shape index (κ1) is 5.72. The molecule has 1 saturated heterocycles. The van der Waals surface area contributed by atoms with E-state index in [1.165, 1.54) is 32.1 Å². The maximum Gasteiger partial charge on any atom is 0.0603 e. The number of hydrogen-bond acceptors (Lipinski definition) is 1. The molecule has 1 aliphatic carbocycles. The molecule has 2 aliphatic rings. The van der Waals surface area contributed by atoms with Crippen molar-refractivity contribution < 1.29 is 4.74 Å². The van der Waals surface area contributed by atoms with E-state index in [9.17, 15) is 0 Å². The summed E-state index contributed by atoms with van der Waals surface area (Å²) in [4.78, 5) is 0. The molecule has 0 amide bonds. The lowest BCUT2D eigenvalue weighted by Crippen LogP contribution is -2.23. The molecule has 1 heterocycles. The van der Waals surface area contributed by atoms with Crippen LogP contribution in [-0.2, 0) is 4.74 Å². The monoisotopic (exact) mass is 126 g/mol. The van der Waals surface area contributed by atoms with Crippen molar-refractivity contribution in [1.82, 2.24) is 0 Å². The maximum atomic E-state index is 5.60.